The number of hydrogen-bond acceptors (Lipinski definition) is 6. The molecule has 1 aliphatic rings. The molecule has 0 spiro atoms. The second-order valence-corrected chi connectivity index (χ2v) is 5.09. The summed E-state index contributed by atoms with van der Waals surface area (Å²) in [4.78, 5) is 22.3. The smallest absolute Gasteiger partial charge is 0.330 e. The summed E-state index contributed by atoms with van der Waals surface area (Å²) in [5.74, 6) is -0.233. The van der Waals surface area contributed by atoms with Gasteiger partial charge in [-0.15, -0.1) is 0 Å². The third kappa shape index (κ3) is 5.55. The average molecular weight is 274 g/mol. The van der Waals surface area contributed by atoms with E-state index in [2.05, 4.69) is 6.58 Å². The molecule has 1 unspecified atom stereocenters. The minimum absolute atomic E-state index is 0.00703. The van der Waals surface area contributed by atoms with Crippen LogP contribution in [-0.2, 0) is 23.8 Å². The summed E-state index contributed by atoms with van der Waals surface area (Å²) in [5.41, 5.74) is 0. The molecule has 102 valence electrons. The van der Waals surface area contributed by atoms with Gasteiger partial charge in [0.2, 0.25) is 5.79 Å². The van der Waals surface area contributed by atoms with E-state index in [1.807, 2.05) is 0 Å². The maximum Gasteiger partial charge on any atom is 0.330 e. The van der Waals surface area contributed by atoms with Gasteiger partial charge in [0.25, 0.3) is 0 Å². The molecule has 18 heavy (non-hydrogen) atoms. The monoisotopic (exact) mass is 274 g/mol. The number of carbonyl (C=O) groups is 2. The Morgan fingerprint density at radius 3 is 3.06 bits per heavy atom. The van der Waals surface area contributed by atoms with Gasteiger partial charge in [0.05, 0.1) is 18.8 Å². The van der Waals surface area contributed by atoms with Crippen LogP contribution in [0.1, 0.15) is 19.8 Å². The van der Waals surface area contributed by atoms with Gasteiger partial charge < -0.3 is 14.2 Å². The molecule has 1 saturated heterocycles. The number of thioether (sulfide) groups is 1. The van der Waals surface area contributed by atoms with Gasteiger partial charge in [0.15, 0.2) is 0 Å². The topological polar surface area (TPSA) is 61.8 Å². The van der Waals surface area contributed by atoms with Gasteiger partial charge >= 0.3 is 11.9 Å². The van der Waals surface area contributed by atoms with Crippen LogP contribution in [0.3, 0.4) is 0 Å². The van der Waals surface area contributed by atoms with E-state index < -0.39 is 17.7 Å². The van der Waals surface area contributed by atoms with Gasteiger partial charge in [0, 0.05) is 13.0 Å². The summed E-state index contributed by atoms with van der Waals surface area (Å²) in [6, 6.07) is 0. The van der Waals surface area contributed by atoms with Gasteiger partial charge in [-0.05, 0) is 12.2 Å². The number of ether oxygens (including phenoxy) is 3. The van der Waals surface area contributed by atoms with Crippen LogP contribution in [0.2, 0.25) is 0 Å². The second-order valence-electron chi connectivity index (χ2n) is 3.98. The van der Waals surface area contributed by atoms with Crippen molar-refractivity contribution in [2.45, 2.75) is 25.6 Å². The molecule has 1 rings (SSSR count). The maximum atomic E-state index is 11.6. The molecule has 0 amide bonds. The Bertz CT molecular complexity index is 308. The average Bonchev–Trinajstić information content (AvgIpc) is 2.53. The van der Waals surface area contributed by atoms with E-state index in [1.54, 1.807) is 18.7 Å². The maximum absolute atomic E-state index is 11.6. The fraction of sp³-hybridized carbons (Fsp3) is 0.667. The molecular formula is C12H18O5S. The van der Waals surface area contributed by atoms with Crippen LogP contribution >= 0.6 is 11.8 Å². The zero-order chi connectivity index (χ0) is 13.4. The molecule has 1 atom stereocenters. The highest BCUT2D eigenvalue weighted by Gasteiger charge is 2.31. The SMILES string of the molecule is C=CC(=O)OCCC(=O)OC1(C)CSCCCO1. The highest BCUT2D eigenvalue weighted by atomic mass is 32.2. The molecule has 6 heteroatoms. The third-order valence-corrected chi connectivity index (χ3v) is 3.56. The van der Waals surface area contributed by atoms with Crippen molar-refractivity contribution < 1.29 is 23.8 Å². The van der Waals surface area contributed by atoms with E-state index in [4.69, 9.17) is 14.2 Å². The van der Waals surface area contributed by atoms with Crippen molar-refractivity contribution in [3.8, 4) is 0 Å². The van der Waals surface area contributed by atoms with Crippen LogP contribution in [0.5, 0.6) is 0 Å². The number of carbonyl (C=O) groups excluding carboxylic acids is 2. The Labute approximate surface area is 111 Å². The molecule has 0 aromatic rings. The minimum atomic E-state index is -0.874. The van der Waals surface area contributed by atoms with Crippen molar-refractivity contribution in [3.05, 3.63) is 12.7 Å². The molecular weight excluding hydrogens is 256 g/mol. The molecule has 0 bridgehead atoms. The number of hydrogen-bond donors (Lipinski definition) is 0. The molecule has 1 aliphatic heterocycles. The Morgan fingerprint density at radius 1 is 1.56 bits per heavy atom. The standard InChI is InChI=1S/C12H18O5S/c1-3-10(13)15-7-5-11(14)17-12(2)9-18-8-4-6-16-12/h3H,1,4-9H2,2H3. The van der Waals surface area contributed by atoms with Crippen molar-refractivity contribution in [2.75, 3.05) is 24.7 Å². The first-order chi connectivity index (χ1) is 8.56. The van der Waals surface area contributed by atoms with E-state index in [1.165, 1.54) is 0 Å². The normalized spacial score (nSPS) is 23.8. The van der Waals surface area contributed by atoms with Crippen molar-refractivity contribution in [1.29, 1.82) is 0 Å². The first-order valence-electron chi connectivity index (χ1n) is 5.78. The summed E-state index contributed by atoms with van der Waals surface area (Å²) in [6.45, 7) is 5.59. The van der Waals surface area contributed by atoms with E-state index in [0.29, 0.717) is 12.4 Å². The molecule has 1 heterocycles. The lowest BCUT2D eigenvalue weighted by atomic mass is 10.3. The molecule has 0 N–H and O–H groups in total. The largest absolute Gasteiger partial charge is 0.462 e. The summed E-state index contributed by atoms with van der Waals surface area (Å²) in [5, 5.41) is 0. The second kappa shape index (κ2) is 7.43. The van der Waals surface area contributed by atoms with Crippen LogP contribution in [0.4, 0.5) is 0 Å². The lowest BCUT2D eigenvalue weighted by Crippen LogP contribution is -2.37. The molecule has 0 aromatic heterocycles. The van der Waals surface area contributed by atoms with Crippen LogP contribution < -0.4 is 0 Å². The van der Waals surface area contributed by atoms with Crippen LogP contribution in [-0.4, -0.2) is 42.4 Å². The van der Waals surface area contributed by atoms with Crippen LogP contribution in [0, 0.1) is 0 Å². The summed E-state index contributed by atoms with van der Waals surface area (Å²) < 4.78 is 15.5. The number of esters is 2. The zero-order valence-corrected chi connectivity index (χ0v) is 11.3. The predicted molar refractivity (Wildman–Crippen MR) is 68.2 cm³/mol. The van der Waals surface area contributed by atoms with Gasteiger partial charge in [0.1, 0.15) is 6.61 Å². The zero-order valence-electron chi connectivity index (χ0n) is 10.5. The fourth-order valence-corrected chi connectivity index (χ4v) is 2.37. The highest BCUT2D eigenvalue weighted by molar-refractivity contribution is 7.99. The Morgan fingerprint density at radius 2 is 2.33 bits per heavy atom. The quantitative estimate of drug-likeness (QED) is 0.559. The molecule has 5 nitrogen and oxygen atoms in total. The van der Waals surface area contributed by atoms with Gasteiger partial charge in [-0.2, -0.15) is 11.8 Å². The van der Waals surface area contributed by atoms with Gasteiger partial charge in [-0.1, -0.05) is 6.58 Å². The lowest BCUT2D eigenvalue weighted by molar-refractivity contribution is -0.212. The third-order valence-electron chi connectivity index (χ3n) is 2.25. The van der Waals surface area contributed by atoms with Crippen LogP contribution in [0.15, 0.2) is 12.7 Å². The highest BCUT2D eigenvalue weighted by Crippen LogP contribution is 2.24. The van der Waals surface area contributed by atoms with Crippen molar-refractivity contribution in [2.24, 2.45) is 0 Å². The number of rotatable bonds is 5. The van der Waals surface area contributed by atoms with Gasteiger partial charge in [-0.3, -0.25) is 4.79 Å². The molecule has 0 radical (unpaired) electrons. The van der Waals surface area contributed by atoms with Crippen LogP contribution in [0.25, 0.3) is 0 Å². The van der Waals surface area contributed by atoms with E-state index in [9.17, 15) is 9.59 Å². The molecule has 1 fully saturated rings. The lowest BCUT2D eigenvalue weighted by Gasteiger charge is -2.27. The first kappa shape index (κ1) is 15.0. The predicted octanol–water partition coefficient (Wildman–Crippen LogP) is 1.52. The van der Waals surface area contributed by atoms with Crippen molar-refractivity contribution in [1.82, 2.24) is 0 Å². The molecule has 0 aromatic carbocycles. The minimum Gasteiger partial charge on any atom is -0.462 e. The van der Waals surface area contributed by atoms with Crippen molar-refractivity contribution >= 4 is 23.7 Å². The van der Waals surface area contributed by atoms with E-state index in [0.717, 1.165) is 18.2 Å². The summed E-state index contributed by atoms with van der Waals surface area (Å²) >= 11 is 1.70. The van der Waals surface area contributed by atoms with Gasteiger partial charge in [-0.25, -0.2) is 4.79 Å². The Kier molecular flexibility index (Phi) is 6.21. The summed E-state index contributed by atoms with van der Waals surface area (Å²) in [7, 11) is 0. The fourth-order valence-electron chi connectivity index (χ4n) is 1.39. The molecule has 0 aliphatic carbocycles. The Balaban J connectivity index is 2.29. The van der Waals surface area contributed by atoms with E-state index in [-0.39, 0.29) is 13.0 Å². The van der Waals surface area contributed by atoms with Crippen molar-refractivity contribution in [3.63, 3.8) is 0 Å². The van der Waals surface area contributed by atoms with E-state index >= 15 is 0 Å². The molecule has 0 saturated carbocycles. The Hall–Kier alpha value is -1.01. The summed E-state index contributed by atoms with van der Waals surface area (Å²) in [6.07, 6.45) is 2.02. The first-order valence-corrected chi connectivity index (χ1v) is 6.94.